The van der Waals surface area contributed by atoms with E-state index in [4.69, 9.17) is 4.74 Å². The Labute approximate surface area is 149 Å². The molecule has 0 aromatic carbocycles. The molecule has 1 fully saturated rings. The second-order valence-electron chi connectivity index (χ2n) is 5.76. The minimum atomic E-state index is -0.328. The molecular weight excluding hydrogens is 342 g/mol. The summed E-state index contributed by atoms with van der Waals surface area (Å²) in [6.07, 6.45) is 4.10. The zero-order valence-corrected chi connectivity index (χ0v) is 14.8. The molecule has 0 aliphatic carbocycles. The van der Waals surface area contributed by atoms with Crippen molar-refractivity contribution in [2.45, 2.75) is 32.2 Å². The fourth-order valence-electron chi connectivity index (χ4n) is 2.69. The normalized spacial score (nSPS) is 17.2. The average molecular weight is 363 g/mol. The van der Waals surface area contributed by atoms with Crippen molar-refractivity contribution in [3.8, 4) is 0 Å². The van der Waals surface area contributed by atoms with Crippen LogP contribution in [0.2, 0.25) is 0 Å². The lowest BCUT2D eigenvalue weighted by molar-refractivity contribution is -0.142. The Hall–Kier alpha value is -2.26. The van der Waals surface area contributed by atoms with Crippen LogP contribution in [-0.4, -0.2) is 46.3 Å². The minimum absolute atomic E-state index is 0.101. The predicted molar refractivity (Wildman–Crippen MR) is 93.8 cm³/mol. The number of hydrogen-bond acceptors (Lipinski definition) is 7. The Bertz CT molecular complexity index is 736. The van der Waals surface area contributed by atoms with Crippen molar-refractivity contribution in [1.29, 1.82) is 0 Å². The second-order valence-corrected chi connectivity index (χ2v) is 6.62. The van der Waals surface area contributed by atoms with Crippen LogP contribution < -0.4 is 10.6 Å². The van der Waals surface area contributed by atoms with Gasteiger partial charge in [-0.05, 0) is 32.4 Å². The van der Waals surface area contributed by atoms with E-state index in [9.17, 15) is 9.59 Å². The lowest BCUT2D eigenvalue weighted by Gasteiger charge is -2.22. The van der Waals surface area contributed by atoms with Crippen LogP contribution in [0.15, 0.2) is 17.6 Å². The van der Waals surface area contributed by atoms with E-state index in [-0.39, 0.29) is 24.3 Å². The number of hydrogen-bond donors (Lipinski definition) is 2. The van der Waals surface area contributed by atoms with Gasteiger partial charge < -0.3 is 10.1 Å². The number of nitrogens with one attached hydrogen (secondary N) is 2. The smallest absolute Gasteiger partial charge is 0.311 e. The first kappa shape index (κ1) is 17.6. The fraction of sp³-hybridized carbons (Fsp3) is 0.500. The van der Waals surface area contributed by atoms with Crippen LogP contribution in [0, 0.1) is 0 Å². The van der Waals surface area contributed by atoms with E-state index >= 15 is 0 Å². The summed E-state index contributed by atoms with van der Waals surface area (Å²) < 4.78 is 6.73. The number of amides is 1. The molecule has 9 heteroatoms. The summed E-state index contributed by atoms with van der Waals surface area (Å²) in [7, 11) is 0. The third-order valence-corrected chi connectivity index (χ3v) is 4.70. The zero-order valence-electron chi connectivity index (χ0n) is 14.0. The lowest BCUT2D eigenvalue weighted by atomic mass is 10.1. The number of piperidine rings is 1. The molecule has 1 atom stereocenters. The molecule has 2 N–H and O–H groups in total. The Morgan fingerprint density at radius 3 is 3.16 bits per heavy atom. The summed E-state index contributed by atoms with van der Waals surface area (Å²) in [6, 6.07) is 1.99. The monoisotopic (exact) mass is 363 g/mol. The molecule has 2 aromatic rings. The Balaban J connectivity index is 1.58. The van der Waals surface area contributed by atoms with Crippen LogP contribution in [0.25, 0.3) is 0 Å². The van der Waals surface area contributed by atoms with Gasteiger partial charge in [0.1, 0.15) is 0 Å². The quantitative estimate of drug-likeness (QED) is 0.757. The van der Waals surface area contributed by atoms with E-state index in [0.29, 0.717) is 23.1 Å². The number of carbonyl (C=O) groups excluding carboxylic acids is 2. The Morgan fingerprint density at radius 2 is 2.40 bits per heavy atom. The van der Waals surface area contributed by atoms with Crippen molar-refractivity contribution in [2.24, 2.45) is 0 Å². The van der Waals surface area contributed by atoms with E-state index in [1.165, 1.54) is 11.3 Å². The maximum absolute atomic E-state index is 12.3. The van der Waals surface area contributed by atoms with E-state index in [1.54, 1.807) is 18.4 Å². The van der Waals surface area contributed by atoms with Crippen LogP contribution in [-0.2, 0) is 16.0 Å². The summed E-state index contributed by atoms with van der Waals surface area (Å²) in [5, 5.41) is 12.6. The molecule has 8 nitrogen and oxygen atoms in total. The number of thiazole rings is 1. The van der Waals surface area contributed by atoms with Crippen molar-refractivity contribution in [3.63, 3.8) is 0 Å². The van der Waals surface area contributed by atoms with Gasteiger partial charge in [-0.2, -0.15) is 5.10 Å². The third kappa shape index (κ3) is 4.64. The molecule has 3 rings (SSSR count). The Morgan fingerprint density at radius 1 is 1.52 bits per heavy atom. The SMILES string of the molecule is CCOC(=O)Cc1csc(NC(=O)c2ccn(C3CCCNC3)n2)n1. The number of anilines is 1. The van der Waals surface area contributed by atoms with Crippen LogP contribution in [0.3, 0.4) is 0 Å². The highest BCUT2D eigenvalue weighted by molar-refractivity contribution is 7.14. The summed E-state index contributed by atoms with van der Waals surface area (Å²) in [4.78, 5) is 28.0. The molecule has 0 bridgehead atoms. The Kier molecular flexibility index (Phi) is 5.77. The second kappa shape index (κ2) is 8.21. The molecule has 0 saturated carbocycles. The largest absolute Gasteiger partial charge is 0.466 e. The van der Waals surface area contributed by atoms with Crippen molar-refractivity contribution in [1.82, 2.24) is 20.1 Å². The molecule has 25 heavy (non-hydrogen) atoms. The van der Waals surface area contributed by atoms with Gasteiger partial charge in [0.25, 0.3) is 5.91 Å². The summed E-state index contributed by atoms with van der Waals surface area (Å²) >= 11 is 1.27. The van der Waals surface area contributed by atoms with Gasteiger partial charge in [-0.15, -0.1) is 11.3 Å². The number of nitrogens with zero attached hydrogens (tertiary/aromatic N) is 3. The first-order valence-corrected chi connectivity index (χ1v) is 9.21. The molecule has 1 saturated heterocycles. The highest BCUT2D eigenvalue weighted by atomic mass is 32.1. The van der Waals surface area contributed by atoms with E-state index < -0.39 is 0 Å². The van der Waals surface area contributed by atoms with Gasteiger partial charge in [0.2, 0.25) is 0 Å². The van der Waals surface area contributed by atoms with Gasteiger partial charge in [0, 0.05) is 18.1 Å². The molecular formula is C16H21N5O3S. The lowest BCUT2D eigenvalue weighted by Crippen LogP contribution is -2.32. The molecule has 1 unspecified atom stereocenters. The van der Waals surface area contributed by atoms with Crippen LogP contribution >= 0.6 is 11.3 Å². The van der Waals surface area contributed by atoms with Gasteiger partial charge in [0.15, 0.2) is 10.8 Å². The average Bonchev–Trinajstić information content (AvgIpc) is 3.25. The van der Waals surface area contributed by atoms with Crippen molar-refractivity contribution in [2.75, 3.05) is 25.0 Å². The number of ether oxygens (including phenoxy) is 1. The molecule has 0 radical (unpaired) electrons. The number of esters is 1. The number of aromatic nitrogens is 3. The summed E-state index contributed by atoms with van der Waals surface area (Å²) in [5.41, 5.74) is 0.935. The molecule has 0 spiro atoms. The summed E-state index contributed by atoms with van der Waals surface area (Å²) in [5.74, 6) is -0.634. The van der Waals surface area contributed by atoms with Crippen LogP contribution in [0.1, 0.15) is 42.0 Å². The van der Waals surface area contributed by atoms with Gasteiger partial charge >= 0.3 is 5.97 Å². The zero-order chi connectivity index (χ0) is 17.6. The van der Waals surface area contributed by atoms with Crippen molar-refractivity contribution < 1.29 is 14.3 Å². The number of rotatable bonds is 6. The van der Waals surface area contributed by atoms with Crippen LogP contribution in [0.4, 0.5) is 5.13 Å². The van der Waals surface area contributed by atoms with Crippen LogP contribution in [0.5, 0.6) is 0 Å². The third-order valence-electron chi connectivity index (χ3n) is 3.89. The maximum atomic E-state index is 12.3. The van der Waals surface area contributed by atoms with E-state index in [1.807, 2.05) is 10.9 Å². The fourth-order valence-corrected chi connectivity index (χ4v) is 3.39. The van der Waals surface area contributed by atoms with Gasteiger partial charge in [-0.25, -0.2) is 4.98 Å². The van der Waals surface area contributed by atoms with Crippen molar-refractivity contribution in [3.05, 3.63) is 29.0 Å². The molecule has 1 aliphatic rings. The molecule has 2 aromatic heterocycles. The van der Waals surface area contributed by atoms with Gasteiger partial charge in [-0.1, -0.05) is 0 Å². The van der Waals surface area contributed by atoms with E-state index in [2.05, 4.69) is 20.7 Å². The molecule has 1 aliphatic heterocycles. The minimum Gasteiger partial charge on any atom is -0.466 e. The van der Waals surface area contributed by atoms with Gasteiger partial charge in [0.05, 0.1) is 24.8 Å². The first-order chi connectivity index (χ1) is 12.2. The highest BCUT2D eigenvalue weighted by Crippen LogP contribution is 2.18. The number of carbonyl (C=O) groups is 2. The van der Waals surface area contributed by atoms with Crippen molar-refractivity contribution >= 4 is 28.3 Å². The molecule has 3 heterocycles. The maximum Gasteiger partial charge on any atom is 0.311 e. The summed E-state index contributed by atoms with van der Waals surface area (Å²) in [6.45, 7) is 3.99. The molecule has 1 amide bonds. The van der Waals surface area contributed by atoms with E-state index in [0.717, 1.165) is 25.9 Å². The first-order valence-electron chi connectivity index (χ1n) is 8.33. The van der Waals surface area contributed by atoms with Gasteiger partial charge in [-0.3, -0.25) is 19.6 Å². The topological polar surface area (TPSA) is 98.1 Å². The highest BCUT2D eigenvalue weighted by Gasteiger charge is 2.18. The standard InChI is InChI=1S/C16H21N5O3S/c1-2-24-14(22)8-11-10-25-16(18-11)19-15(23)13-5-7-21(20-13)12-4-3-6-17-9-12/h5,7,10,12,17H,2-4,6,8-9H2,1H3,(H,18,19,23). The molecule has 134 valence electrons. The predicted octanol–water partition coefficient (Wildman–Crippen LogP) is 1.62.